The van der Waals surface area contributed by atoms with Gasteiger partial charge in [-0.2, -0.15) is 0 Å². The molecule has 0 aliphatic carbocycles. The molecular weight excluding hydrogens is 314 g/mol. The molecule has 0 bridgehead atoms. The molecule has 0 N–H and O–H groups in total. The molecule has 1 aromatic heterocycles. The standard InChI is InChI=1S/C16H16ClN5O/c1-21-6-8-22(9-7-21)15-14-16(19-5-4-18-14)23-13-3-2-11(17)10-12(13)20-15/h2-5,10H,6-9H2,1H3. The molecule has 6 nitrogen and oxygen atoms in total. The summed E-state index contributed by atoms with van der Waals surface area (Å²) in [6.45, 7) is 3.75. The van der Waals surface area contributed by atoms with Crippen molar-refractivity contribution in [1.82, 2.24) is 19.8 Å². The Balaban J connectivity index is 1.83. The maximum Gasteiger partial charge on any atom is 0.249 e. The van der Waals surface area contributed by atoms with E-state index in [-0.39, 0.29) is 0 Å². The number of hydrogen-bond donors (Lipinski definition) is 0. The lowest BCUT2D eigenvalue weighted by Gasteiger charge is -2.34. The van der Waals surface area contributed by atoms with E-state index in [0.29, 0.717) is 28.0 Å². The van der Waals surface area contributed by atoms with Crippen LogP contribution in [-0.2, 0) is 0 Å². The lowest BCUT2D eigenvalue weighted by atomic mass is 10.2. The van der Waals surface area contributed by atoms with Crippen molar-refractivity contribution in [2.45, 2.75) is 0 Å². The number of nitrogens with zero attached hydrogens (tertiary/aromatic N) is 5. The zero-order valence-corrected chi connectivity index (χ0v) is 13.5. The smallest absolute Gasteiger partial charge is 0.249 e. The monoisotopic (exact) mass is 329 g/mol. The molecule has 1 saturated heterocycles. The average molecular weight is 330 g/mol. The van der Waals surface area contributed by atoms with Crippen LogP contribution in [0.4, 0.5) is 5.69 Å². The molecule has 118 valence electrons. The molecule has 0 radical (unpaired) electrons. The summed E-state index contributed by atoms with van der Waals surface area (Å²) in [5, 5.41) is 0.626. The van der Waals surface area contributed by atoms with E-state index in [1.807, 2.05) is 6.07 Å². The highest BCUT2D eigenvalue weighted by Crippen LogP contribution is 2.38. The highest BCUT2D eigenvalue weighted by molar-refractivity contribution is 6.31. The minimum Gasteiger partial charge on any atom is -0.435 e. The van der Waals surface area contributed by atoms with Crippen molar-refractivity contribution in [1.29, 1.82) is 0 Å². The van der Waals surface area contributed by atoms with Gasteiger partial charge in [-0.05, 0) is 25.2 Å². The summed E-state index contributed by atoms with van der Waals surface area (Å²) >= 11 is 6.12. The Morgan fingerprint density at radius 3 is 2.70 bits per heavy atom. The number of fused-ring (bicyclic) bond motifs is 2. The Labute approximate surface area is 139 Å². The number of piperazine rings is 1. The highest BCUT2D eigenvalue weighted by Gasteiger charge is 2.26. The number of likely N-dealkylation sites (N-methyl/N-ethyl adjacent to an activating group) is 1. The van der Waals surface area contributed by atoms with Crippen molar-refractivity contribution >= 4 is 23.1 Å². The predicted octanol–water partition coefficient (Wildman–Crippen LogP) is 2.56. The third kappa shape index (κ3) is 2.75. The molecular formula is C16H16ClN5O. The Kier molecular flexibility index (Phi) is 3.63. The quantitative estimate of drug-likeness (QED) is 0.743. The number of aliphatic imine (C=N–C) groups is 1. The maximum atomic E-state index is 6.12. The van der Waals surface area contributed by atoms with Gasteiger partial charge in [0.25, 0.3) is 0 Å². The van der Waals surface area contributed by atoms with Crippen LogP contribution >= 0.6 is 11.6 Å². The zero-order valence-electron chi connectivity index (χ0n) is 12.7. The van der Waals surface area contributed by atoms with E-state index in [2.05, 4.69) is 26.8 Å². The molecule has 0 amide bonds. The topological polar surface area (TPSA) is 53.9 Å². The van der Waals surface area contributed by atoms with Crippen LogP contribution < -0.4 is 4.74 Å². The molecule has 23 heavy (non-hydrogen) atoms. The third-order valence-electron chi connectivity index (χ3n) is 4.03. The summed E-state index contributed by atoms with van der Waals surface area (Å²) < 4.78 is 5.92. The van der Waals surface area contributed by atoms with E-state index in [1.165, 1.54) is 0 Å². The highest BCUT2D eigenvalue weighted by atomic mass is 35.5. The second kappa shape index (κ2) is 5.79. The number of amidine groups is 1. The van der Waals surface area contributed by atoms with Gasteiger partial charge in [0.15, 0.2) is 17.3 Å². The van der Waals surface area contributed by atoms with Gasteiger partial charge in [0.05, 0.1) is 0 Å². The van der Waals surface area contributed by atoms with Gasteiger partial charge in [-0.15, -0.1) is 0 Å². The lowest BCUT2D eigenvalue weighted by molar-refractivity contribution is 0.215. The zero-order chi connectivity index (χ0) is 15.8. The lowest BCUT2D eigenvalue weighted by Crippen LogP contribution is -2.47. The van der Waals surface area contributed by atoms with Gasteiger partial charge in [0, 0.05) is 43.6 Å². The molecule has 0 spiro atoms. The van der Waals surface area contributed by atoms with Crippen molar-refractivity contribution in [2.75, 3.05) is 33.2 Å². The van der Waals surface area contributed by atoms with E-state index < -0.39 is 0 Å². The fourth-order valence-electron chi connectivity index (χ4n) is 2.73. The molecule has 0 atom stereocenters. The molecule has 4 rings (SSSR count). The van der Waals surface area contributed by atoms with Crippen LogP contribution in [0.2, 0.25) is 5.02 Å². The normalized spacial score (nSPS) is 17.7. The molecule has 2 aliphatic rings. The Morgan fingerprint density at radius 1 is 1.09 bits per heavy atom. The second-order valence-corrected chi connectivity index (χ2v) is 6.09. The molecule has 1 aromatic carbocycles. The summed E-state index contributed by atoms with van der Waals surface area (Å²) in [5.41, 5.74) is 1.37. The number of aromatic nitrogens is 2. The summed E-state index contributed by atoms with van der Waals surface area (Å²) in [6, 6.07) is 5.40. The van der Waals surface area contributed by atoms with E-state index in [9.17, 15) is 0 Å². The van der Waals surface area contributed by atoms with Crippen molar-refractivity contribution in [2.24, 2.45) is 4.99 Å². The number of benzene rings is 1. The number of halogens is 1. The summed E-state index contributed by atoms with van der Waals surface area (Å²) in [5.74, 6) is 1.91. The van der Waals surface area contributed by atoms with E-state index in [1.54, 1.807) is 24.5 Å². The van der Waals surface area contributed by atoms with E-state index in [4.69, 9.17) is 21.3 Å². The molecule has 1 fully saturated rings. The largest absolute Gasteiger partial charge is 0.435 e. The molecule has 0 saturated carbocycles. The van der Waals surface area contributed by atoms with Crippen molar-refractivity contribution in [3.63, 3.8) is 0 Å². The minimum absolute atomic E-state index is 0.478. The van der Waals surface area contributed by atoms with Crippen molar-refractivity contribution < 1.29 is 4.74 Å². The van der Waals surface area contributed by atoms with Crippen LogP contribution in [0.3, 0.4) is 0 Å². The van der Waals surface area contributed by atoms with Crippen molar-refractivity contribution in [3.8, 4) is 11.6 Å². The van der Waals surface area contributed by atoms with E-state index >= 15 is 0 Å². The first-order valence-corrected chi connectivity index (χ1v) is 7.89. The molecule has 7 heteroatoms. The Bertz CT molecular complexity index is 771. The van der Waals surface area contributed by atoms with Crippen molar-refractivity contribution in [3.05, 3.63) is 41.3 Å². The number of hydrogen-bond acceptors (Lipinski definition) is 6. The fourth-order valence-corrected chi connectivity index (χ4v) is 2.89. The molecule has 0 unspecified atom stereocenters. The van der Waals surface area contributed by atoms with Crippen LogP contribution in [0.15, 0.2) is 35.6 Å². The minimum atomic E-state index is 0.478. The first-order valence-electron chi connectivity index (χ1n) is 7.52. The average Bonchev–Trinajstić information content (AvgIpc) is 2.72. The SMILES string of the molecule is CN1CCN(C2=Nc3cc(Cl)ccc3Oc3nccnc32)CC1. The van der Waals surface area contributed by atoms with Gasteiger partial charge >= 0.3 is 0 Å². The van der Waals surface area contributed by atoms with Crippen LogP contribution in [0.5, 0.6) is 11.6 Å². The van der Waals surface area contributed by atoms with Crippen LogP contribution in [0.1, 0.15) is 5.69 Å². The molecule has 2 aliphatic heterocycles. The van der Waals surface area contributed by atoms with Crippen LogP contribution in [0.25, 0.3) is 0 Å². The van der Waals surface area contributed by atoms with Gasteiger partial charge in [-0.1, -0.05) is 11.6 Å². The summed E-state index contributed by atoms with van der Waals surface area (Å²) in [7, 11) is 2.12. The molecule has 2 aromatic rings. The summed E-state index contributed by atoms with van der Waals surface area (Å²) in [6.07, 6.45) is 3.29. The molecule has 3 heterocycles. The van der Waals surface area contributed by atoms with Gasteiger partial charge in [-0.3, -0.25) is 0 Å². The first kappa shape index (κ1) is 14.4. The van der Waals surface area contributed by atoms with Gasteiger partial charge in [0.2, 0.25) is 5.88 Å². The second-order valence-electron chi connectivity index (χ2n) is 5.65. The first-order chi connectivity index (χ1) is 11.2. The Morgan fingerprint density at radius 2 is 1.87 bits per heavy atom. The van der Waals surface area contributed by atoms with Crippen LogP contribution in [0, 0.1) is 0 Å². The number of rotatable bonds is 0. The fraction of sp³-hybridized carbons (Fsp3) is 0.312. The predicted molar refractivity (Wildman–Crippen MR) is 88.8 cm³/mol. The number of ether oxygens (including phenoxy) is 1. The Hall–Kier alpha value is -2.18. The maximum absolute atomic E-state index is 6.12. The van der Waals surface area contributed by atoms with Gasteiger partial charge in [-0.25, -0.2) is 15.0 Å². The van der Waals surface area contributed by atoms with E-state index in [0.717, 1.165) is 32.0 Å². The van der Waals surface area contributed by atoms with Gasteiger partial charge < -0.3 is 14.5 Å². The van der Waals surface area contributed by atoms with Gasteiger partial charge in [0.1, 0.15) is 5.69 Å². The summed E-state index contributed by atoms with van der Waals surface area (Å²) in [4.78, 5) is 18.1. The third-order valence-corrected chi connectivity index (χ3v) is 4.27. The van der Waals surface area contributed by atoms with Crippen LogP contribution in [-0.4, -0.2) is 58.8 Å².